The third kappa shape index (κ3) is 3.59. The minimum atomic E-state index is -1.13. The van der Waals surface area contributed by atoms with Gasteiger partial charge in [0.2, 0.25) is 5.91 Å². The molecular weight excluding hydrogens is 200 g/mol. The molecule has 1 aromatic heterocycles. The number of rotatable bonds is 5. The van der Waals surface area contributed by atoms with E-state index in [1.54, 1.807) is 0 Å². The quantitative estimate of drug-likeness (QED) is 0.600. The number of carboxylic acids is 1. The third-order valence-electron chi connectivity index (χ3n) is 1.56. The van der Waals surface area contributed by atoms with Crippen LogP contribution in [0.1, 0.15) is 16.9 Å². The largest absolute Gasteiger partial charge is 0.476 e. The van der Waals surface area contributed by atoms with Crippen molar-refractivity contribution >= 4 is 17.7 Å². The zero-order valence-corrected chi connectivity index (χ0v) is 7.80. The predicted octanol–water partition coefficient (Wildman–Crippen LogP) is -0.538. The summed E-state index contributed by atoms with van der Waals surface area (Å²) < 4.78 is 0. The Labute approximate surface area is 85.3 Å². The SMILES string of the molecule is NC(=O)CCNc1ccc(C(=O)O)nn1. The Morgan fingerprint density at radius 3 is 2.60 bits per heavy atom. The Bertz CT molecular complexity index is 363. The molecule has 7 heteroatoms. The topological polar surface area (TPSA) is 118 Å². The average Bonchev–Trinajstić information content (AvgIpc) is 2.18. The zero-order chi connectivity index (χ0) is 11.3. The van der Waals surface area contributed by atoms with E-state index in [1.807, 2.05) is 0 Å². The van der Waals surface area contributed by atoms with Crippen molar-refractivity contribution in [2.75, 3.05) is 11.9 Å². The Balaban J connectivity index is 2.50. The highest BCUT2D eigenvalue weighted by Crippen LogP contribution is 2.01. The number of aromatic carboxylic acids is 1. The molecule has 0 aliphatic heterocycles. The Hall–Kier alpha value is -2.18. The lowest BCUT2D eigenvalue weighted by molar-refractivity contribution is -0.117. The van der Waals surface area contributed by atoms with Gasteiger partial charge in [-0.2, -0.15) is 0 Å². The molecule has 0 aromatic carbocycles. The molecule has 0 atom stereocenters. The molecule has 0 saturated heterocycles. The third-order valence-corrected chi connectivity index (χ3v) is 1.56. The van der Waals surface area contributed by atoms with Crippen LogP contribution in [0.15, 0.2) is 12.1 Å². The first-order chi connectivity index (χ1) is 7.09. The lowest BCUT2D eigenvalue weighted by atomic mass is 10.3. The molecule has 0 radical (unpaired) electrons. The molecule has 1 rings (SSSR count). The molecular formula is C8H10N4O3. The highest BCUT2D eigenvalue weighted by Gasteiger charge is 2.04. The second-order valence-corrected chi connectivity index (χ2v) is 2.75. The molecule has 15 heavy (non-hydrogen) atoms. The van der Waals surface area contributed by atoms with Gasteiger partial charge in [-0.05, 0) is 12.1 Å². The monoisotopic (exact) mass is 210 g/mol. The summed E-state index contributed by atoms with van der Waals surface area (Å²) in [5, 5.41) is 18.4. The van der Waals surface area contributed by atoms with Crippen LogP contribution in [0.4, 0.5) is 5.82 Å². The number of primary amides is 1. The normalized spacial score (nSPS) is 9.60. The van der Waals surface area contributed by atoms with Gasteiger partial charge in [0.1, 0.15) is 5.82 Å². The van der Waals surface area contributed by atoms with Crippen molar-refractivity contribution in [3.63, 3.8) is 0 Å². The highest BCUT2D eigenvalue weighted by molar-refractivity contribution is 5.85. The molecule has 4 N–H and O–H groups in total. The van der Waals surface area contributed by atoms with Crippen LogP contribution in [-0.4, -0.2) is 33.7 Å². The summed E-state index contributed by atoms with van der Waals surface area (Å²) in [5.74, 6) is -1.15. The number of hydrogen-bond donors (Lipinski definition) is 3. The Morgan fingerprint density at radius 2 is 2.13 bits per heavy atom. The maximum atomic E-state index is 10.4. The molecule has 1 heterocycles. The lowest BCUT2D eigenvalue weighted by Crippen LogP contribution is -2.16. The van der Waals surface area contributed by atoms with Gasteiger partial charge in [-0.3, -0.25) is 4.79 Å². The molecule has 1 aromatic rings. The van der Waals surface area contributed by atoms with Crippen molar-refractivity contribution in [3.05, 3.63) is 17.8 Å². The van der Waals surface area contributed by atoms with E-state index in [9.17, 15) is 9.59 Å². The summed E-state index contributed by atoms with van der Waals surface area (Å²) in [7, 11) is 0. The van der Waals surface area contributed by atoms with Crippen LogP contribution < -0.4 is 11.1 Å². The van der Waals surface area contributed by atoms with Gasteiger partial charge in [-0.25, -0.2) is 4.79 Å². The smallest absolute Gasteiger partial charge is 0.356 e. The van der Waals surface area contributed by atoms with E-state index in [-0.39, 0.29) is 12.1 Å². The summed E-state index contributed by atoms with van der Waals surface area (Å²) in [4.78, 5) is 20.8. The fourth-order valence-electron chi connectivity index (χ4n) is 0.854. The zero-order valence-electron chi connectivity index (χ0n) is 7.80. The number of amides is 1. The van der Waals surface area contributed by atoms with Crippen molar-refractivity contribution in [3.8, 4) is 0 Å². The molecule has 0 aliphatic rings. The van der Waals surface area contributed by atoms with Crippen molar-refractivity contribution in [2.45, 2.75) is 6.42 Å². The second kappa shape index (κ2) is 4.89. The minimum Gasteiger partial charge on any atom is -0.476 e. The maximum absolute atomic E-state index is 10.4. The standard InChI is InChI=1S/C8H10N4O3/c9-6(13)3-4-10-7-2-1-5(8(14)15)11-12-7/h1-2H,3-4H2,(H2,9,13)(H,10,12)(H,14,15). The van der Waals surface area contributed by atoms with Gasteiger partial charge in [-0.1, -0.05) is 0 Å². The molecule has 80 valence electrons. The fraction of sp³-hybridized carbons (Fsp3) is 0.250. The number of nitrogens with two attached hydrogens (primary N) is 1. The molecule has 0 bridgehead atoms. The van der Waals surface area contributed by atoms with Gasteiger partial charge in [0.15, 0.2) is 5.69 Å². The van der Waals surface area contributed by atoms with Gasteiger partial charge in [0.05, 0.1) is 0 Å². The fourth-order valence-corrected chi connectivity index (χ4v) is 0.854. The van der Waals surface area contributed by atoms with Gasteiger partial charge in [-0.15, -0.1) is 10.2 Å². The van der Waals surface area contributed by atoms with E-state index in [1.165, 1.54) is 12.1 Å². The number of carboxylic acid groups (broad SMARTS) is 1. The summed E-state index contributed by atoms with van der Waals surface area (Å²) in [6.07, 6.45) is 0.183. The van der Waals surface area contributed by atoms with Crippen LogP contribution in [0.2, 0.25) is 0 Å². The molecule has 0 spiro atoms. The first kappa shape index (κ1) is 10.9. The predicted molar refractivity (Wildman–Crippen MR) is 51.3 cm³/mol. The lowest BCUT2D eigenvalue weighted by Gasteiger charge is -2.02. The molecule has 0 unspecified atom stereocenters. The summed E-state index contributed by atoms with van der Waals surface area (Å²) >= 11 is 0. The Kier molecular flexibility index (Phi) is 3.55. The van der Waals surface area contributed by atoms with Gasteiger partial charge in [0, 0.05) is 13.0 Å². The highest BCUT2D eigenvalue weighted by atomic mass is 16.4. The summed E-state index contributed by atoms with van der Waals surface area (Å²) in [5.41, 5.74) is 4.80. The molecule has 1 amide bonds. The van der Waals surface area contributed by atoms with E-state index >= 15 is 0 Å². The van der Waals surface area contributed by atoms with Crippen molar-refractivity contribution in [1.82, 2.24) is 10.2 Å². The van der Waals surface area contributed by atoms with E-state index in [4.69, 9.17) is 10.8 Å². The van der Waals surface area contributed by atoms with Gasteiger partial charge in [0.25, 0.3) is 0 Å². The molecule has 0 fully saturated rings. The van der Waals surface area contributed by atoms with E-state index in [2.05, 4.69) is 15.5 Å². The van der Waals surface area contributed by atoms with E-state index < -0.39 is 11.9 Å². The minimum absolute atomic E-state index is 0.129. The van der Waals surface area contributed by atoms with Crippen molar-refractivity contribution < 1.29 is 14.7 Å². The van der Waals surface area contributed by atoms with Crippen LogP contribution in [0.5, 0.6) is 0 Å². The summed E-state index contributed by atoms with van der Waals surface area (Å²) in [6.45, 7) is 0.344. The second-order valence-electron chi connectivity index (χ2n) is 2.75. The van der Waals surface area contributed by atoms with Gasteiger partial charge < -0.3 is 16.2 Å². The first-order valence-corrected chi connectivity index (χ1v) is 4.19. The number of carbonyl (C=O) groups excluding carboxylic acids is 1. The van der Waals surface area contributed by atoms with Crippen LogP contribution in [-0.2, 0) is 4.79 Å². The van der Waals surface area contributed by atoms with Crippen molar-refractivity contribution in [2.24, 2.45) is 5.73 Å². The van der Waals surface area contributed by atoms with Gasteiger partial charge >= 0.3 is 5.97 Å². The first-order valence-electron chi connectivity index (χ1n) is 4.19. The van der Waals surface area contributed by atoms with Crippen LogP contribution in [0.25, 0.3) is 0 Å². The molecule has 7 nitrogen and oxygen atoms in total. The number of carbonyl (C=O) groups is 2. The maximum Gasteiger partial charge on any atom is 0.356 e. The summed E-state index contributed by atoms with van der Waals surface area (Å²) in [6, 6.07) is 2.79. The van der Waals surface area contributed by atoms with E-state index in [0.29, 0.717) is 12.4 Å². The van der Waals surface area contributed by atoms with Crippen LogP contribution >= 0.6 is 0 Å². The number of nitrogens with zero attached hydrogens (tertiary/aromatic N) is 2. The number of anilines is 1. The Morgan fingerprint density at radius 1 is 1.40 bits per heavy atom. The van der Waals surface area contributed by atoms with Crippen molar-refractivity contribution in [1.29, 1.82) is 0 Å². The molecule has 0 saturated carbocycles. The molecule has 0 aliphatic carbocycles. The van der Waals surface area contributed by atoms with E-state index in [0.717, 1.165) is 0 Å². The average molecular weight is 210 g/mol. The van der Waals surface area contributed by atoms with Crippen LogP contribution in [0, 0.1) is 0 Å². The number of aromatic nitrogens is 2. The number of nitrogens with one attached hydrogen (secondary N) is 1. The van der Waals surface area contributed by atoms with Crippen LogP contribution in [0.3, 0.4) is 0 Å². The number of hydrogen-bond acceptors (Lipinski definition) is 5.